The molecule has 0 aliphatic heterocycles. The highest BCUT2D eigenvalue weighted by Crippen LogP contribution is 2.29. The Bertz CT molecular complexity index is 1290. The van der Waals surface area contributed by atoms with Gasteiger partial charge in [0.05, 0.1) is 17.9 Å². The lowest BCUT2D eigenvalue weighted by molar-refractivity contribution is -0.113. The molecule has 1 amide bonds. The Morgan fingerprint density at radius 3 is 2.47 bits per heavy atom. The third kappa shape index (κ3) is 5.65. The number of carbonyl (C=O) groups excluding carboxylic acids is 2. The standard InChI is InChI=1S/C25H21ClN4O3S/c1-2-33-24(32)17-11-13-20(14-12-17)27-22(31)16-34-25-29-28-23(18-7-6-8-19(26)15-18)30(25)21-9-4-3-5-10-21/h3-15H,2,16H2,1H3,(H,27,31). The number of carbonyl (C=O) groups is 2. The Kier molecular flexibility index (Phi) is 7.61. The molecule has 0 saturated carbocycles. The summed E-state index contributed by atoms with van der Waals surface area (Å²) in [5.41, 5.74) is 2.71. The van der Waals surface area contributed by atoms with Gasteiger partial charge in [-0.25, -0.2) is 4.79 Å². The summed E-state index contributed by atoms with van der Waals surface area (Å²) in [6.45, 7) is 2.06. The first kappa shape index (κ1) is 23.5. The van der Waals surface area contributed by atoms with Crippen LogP contribution >= 0.6 is 23.4 Å². The first-order chi connectivity index (χ1) is 16.5. The predicted molar refractivity (Wildman–Crippen MR) is 134 cm³/mol. The Hall–Kier alpha value is -3.62. The SMILES string of the molecule is CCOC(=O)c1ccc(NC(=O)CSc2nnc(-c3cccc(Cl)c3)n2-c2ccccc2)cc1. The number of nitrogens with zero attached hydrogens (tertiary/aromatic N) is 3. The van der Waals surface area contributed by atoms with Gasteiger partial charge in [0.2, 0.25) is 5.91 Å². The van der Waals surface area contributed by atoms with Crippen LogP contribution in [0.2, 0.25) is 5.02 Å². The zero-order chi connectivity index (χ0) is 23.9. The van der Waals surface area contributed by atoms with E-state index in [-0.39, 0.29) is 11.7 Å². The van der Waals surface area contributed by atoms with Gasteiger partial charge in [-0.2, -0.15) is 0 Å². The fourth-order valence-electron chi connectivity index (χ4n) is 3.22. The van der Waals surface area contributed by atoms with E-state index >= 15 is 0 Å². The molecule has 0 spiro atoms. The van der Waals surface area contributed by atoms with Gasteiger partial charge in [-0.15, -0.1) is 10.2 Å². The number of amides is 1. The van der Waals surface area contributed by atoms with Crippen LogP contribution in [-0.2, 0) is 9.53 Å². The minimum absolute atomic E-state index is 0.125. The number of halogens is 1. The van der Waals surface area contributed by atoms with Gasteiger partial charge < -0.3 is 10.1 Å². The summed E-state index contributed by atoms with van der Waals surface area (Å²) in [6.07, 6.45) is 0. The fraction of sp³-hybridized carbons (Fsp3) is 0.120. The van der Waals surface area contributed by atoms with Crippen molar-refractivity contribution in [2.75, 3.05) is 17.7 Å². The largest absolute Gasteiger partial charge is 0.462 e. The molecule has 0 fully saturated rings. The van der Waals surface area contributed by atoms with Crippen molar-refractivity contribution in [3.63, 3.8) is 0 Å². The molecule has 34 heavy (non-hydrogen) atoms. The minimum Gasteiger partial charge on any atom is -0.462 e. The van der Waals surface area contributed by atoms with E-state index in [0.717, 1.165) is 11.3 Å². The second-order valence-electron chi connectivity index (χ2n) is 7.12. The molecule has 0 saturated heterocycles. The van der Waals surface area contributed by atoms with Crippen LogP contribution in [0.4, 0.5) is 5.69 Å². The number of nitrogens with one attached hydrogen (secondary N) is 1. The molecule has 1 N–H and O–H groups in total. The number of rotatable bonds is 8. The third-order valence-electron chi connectivity index (χ3n) is 4.74. The summed E-state index contributed by atoms with van der Waals surface area (Å²) in [6, 6.07) is 23.6. The van der Waals surface area contributed by atoms with Gasteiger partial charge in [0.1, 0.15) is 0 Å². The van der Waals surface area contributed by atoms with E-state index in [1.54, 1.807) is 37.3 Å². The summed E-state index contributed by atoms with van der Waals surface area (Å²) < 4.78 is 6.87. The first-order valence-electron chi connectivity index (χ1n) is 10.5. The predicted octanol–water partition coefficient (Wildman–Crippen LogP) is 5.50. The van der Waals surface area contributed by atoms with Gasteiger partial charge in [-0.1, -0.05) is 53.7 Å². The zero-order valence-corrected chi connectivity index (χ0v) is 19.8. The van der Waals surface area contributed by atoms with Crippen LogP contribution in [0.1, 0.15) is 17.3 Å². The van der Waals surface area contributed by atoms with E-state index in [1.165, 1.54) is 11.8 Å². The Labute approximate surface area is 206 Å². The van der Waals surface area contributed by atoms with Crippen molar-refractivity contribution in [3.05, 3.63) is 89.4 Å². The topological polar surface area (TPSA) is 86.1 Å². The van der Waals surface area contributed by atoms with E-state index in [2.05, 4.69) is 15.5 Å². The summed E-state index contributed by atoms with van der Waals surface area (Å²) >= 11 is 7.45. The van der Waals surface area contributed by atoms with Crippen molar-refractivity contribution in [1.29, 1.82) is 0 Å². The number of thioether (sulfide) groups is 1. The maximum atomic E-state index is 12.6. The molecule has 0 aliphatic rings. The summed E-state index contributed by atoms with van der Waals surface area (Å²) in [4.78, 5) is 24.4. The minimum atomic E-state index is -0.397. The molecule has 0 unspecified atom stereocenters. The van der Waals surface area contributed by atoms with Crippen LogP contribution in [0.5, 0.6) is 0 Å². The number of esters is 1. The van der Waals surface area contributed by atoms with Gasteiger partial charge in [-0.05, 0) is 55.5 Å². The number of para-hydroxylation sites is 1. The van der Waals surface area contributed by atoms with Gasteiger partial charge in [0, 0.05) is 22.0 Å². The average molecular weight is 493 g/mol. The first-order valence-corrected chi connectivity index (χ1v) is 11.9. The Morgan fingerprint density at radius 2 is 1.76 bits per heavy atom. The number of hydrogen-bond donors (Lipinski definition) is 1. The van der Waals surface area contributed by atoms with Gasteiger partial charge in [-0.3, -0.25) is 9.36 Å². The maximum Gasteiger partial charge on any atom is 0.338 e. The number of aromatic nitrogens is 3. The Morgan fingerprint density at radius 1 is 1.00 bits per heavy atom. The van der Waals surface area contributed by atoms with Crippen LogP contribution in [0, 0.1) is 0 Å². The van der Waals surface area contributed by atoms with E-state index in [0.29, 0.717) is 33.9 Å². The molecular weight excluding hydrogens is 472 g/mol. The van der Waals surface area contributed by atoms with Crippen LogP contribution < -0.4 is 5.32 Å². The summed E-state index contributed by atoms with van der Waals surface area (Å²) in [7, 11) is 0. The quantitative estimate of drug-likeness (QED) is 0.258. The maximum absolute atomic E-state index is 12.6. The molecule has 0 aliphatic carbocycles. The number of ether oxygens (including phenoxy) is 1. The van der Waals surface area contributed by atoms with Crippen molar-refractivity contribution >= 4 is 40.9 Å². The zero-order valence-electron chi connectivity index (χ0n) is 18.3. The lowest BCUT2D eigenvalue weighted by Crippen LogP contribution is -2.15. The van der Waals surface area contributed by atoms with Crippen molar-refractivity contribution < 1.29 is 14.3 Å². The van der Waals surface area contributed by atoms with Crippen LogP contribution in [0.25, 0.3) is 17.1 Å². The normalized spacial score (nSPS) is 10.6. The lowest BCUT2D eigenvalue weighted by atomic mass is 10.2. The molecular formula is C25H21ClN4O3S. The third-order valence-corrected chi connectivity index (χ3v) is 5.91. The summed E-state index contributed by atoms with van der Waals surface area (Å²) in [5.74, 6) is 0.152. The number of benzene rings is 3. The lowest BCUT2D eigenvalue weighted by Gasteiger charge is -2.11. The fourth-order valence-corrected chi connectivity index (χ4v) is 4.16. The highest BCUT2D eigenvalue weighted by molar-refractivity contribution is 7.99. The van der Waals surface area contributed by atoms with Gasteiger partial charge >= 0.3 is 5.97 Å². The average Bonchev–Trinajstić information content (AvgIpc) is 3.28. The van der Waals surface area contributed by atoms with Crippen molar-refractivity contribution in [2.24, 2.45) is 0 Å². The van der Waals surface area contributed by atoms with Crippen LogP contribution in [0.15, 0.2) is 84.0 Å². The number of hydrogen-bond acceptors (Lipinski definition) is 6. The molecule has 0 radical (unpaired) electrons. The molecule has 1 aromatic heterocycles. The molecule has 4 aromatic rings. The van der Waals surface area contributed by atoms with Crippen LogP contribution in [0.3, 0.4) is 0 Å². The highest BCUT2D eigenvalue weighted by Gasteiger charge is 2.17. The highest BCUT2D eigenvalue weighted by atomic mass is 35.5. The van der Waals surface area contributed by atoms with Crippen molar-refractivity contribution in [3.8, 4) is 17.1 Å². The van der Waals surface area contributed by atoms with E-state index in [1.807, 2.05) is 53.1 Å². The van der Waals surface area contributed by atoms with Crippen molar-refractivity contribution in [2.45, 2.75) is 12.1 Å². The van der Waals surface area contributed by atoms with Gasteiger partial charge in [0.25, 0.3) is 0 Å². The molecule has 7 nitrogen and oxygen atoms in total. The smallest absolute Gasteiger partial charge is 0.338 e. The van der Waals surface area contributed by atoms with E-state index < -0.39 is 5.97 Å². The molecule has 1 heterocycles. The van der Waals surface area contributed by atoms with E-state index in [9.17, 15) is 9.59 Å². The second kappa shape index (κ2) is 11.0. The van der Waals surface area contributed by atoms with Crippen molar-refractivity contribution in [1.82, 2.24) is 14.8 Å². The molecule has 4 rings (SSSR count). The monoisotopic (exact) mass is 492 g/mol. The molecule has 0 bridgehead atoms. The summed E-state index contributed by atoms with van der Waals surface area (Å²) in [5, 5.41) is 12.7. The van der Waals surface area contributed by atoms with Gasteiger partial charge in [0.15, 0.2) is 11.0 Å². The molecule has 0 atom stereocenters. The molecule has 172 valence electrons. The Balaban J connectivity index is 1.50. The van der Waals surface area contributed by atoms with E-state index in [4.69, 9.17) is 16.3 Å². The second-order valence-corrected chi connectivity index (χ2v) is 8.50. The number of anilines is 1. The molecule has 9 heteroatoms. The van der Waals surface area contributed by atoms with Crippen LogP contribution in [-0.4, -0.2) is 39.0 Å². The molecule has 3 aromatic carbocycles.